The van der Waals surface area contributed by atoms with E-state index in [0.29, 0.717) is 17.5 Å². The molecular formula is C11H8BrN5O. The van der Waals surface area contributed by atoms with Crippen molar-refractivity contribution in [2.24, 2.45) is 0 Å². The molecule has 0 saturated carbocycles. The first-order chi connectivity index (χ1) is 8.74. The molecule has 0 radical (unpaired) electrons. The molecule has 3 aromatic rings. The maximum absolute atomic E-state index is 5.21. The molecule has 7 heteroatoms. The molecule has 1 N–H and O–H groups in total. The molecule has 0 bridgehead atoms. The van der Waals surface area contributed by atoms with Crippen LogP contribution in [0, 0.1) is 6.92 Å². The Balaban J connectivity index is 2.00. The number of rotatable bonds is 2. The summed E-state index contributed by atoms with van der Waals surface area (Å²) in [6.45, 7) is 2.00. The first kappa shape index (κ1) is 11.1. The number of aromatic amines is 1. The Hall–Kier alpha value is -2.02. The van der Waals surface area contributed by atoms with E-state index < -0.39 is 0 Å². The highest BCUT2D eigenvalue weighted by Gasteiger charge is 2.12. The third kappa shape index (κ3) is 1.92. The second-order valence-electron chi connectivity index (χ2n) is 3.72. The normalized spacial score (nSPS) is 10.8. The van der Waals surface area contributed by atoms with Gasteiger partial charge in [-0.2, -0.15) is 10.1 Å². The van der Waals surface area contributed by atoms with Crippen LogP contribution < -0.4 is 0 Å². The topological polar surface area (TPSA) is 80.5 Å². The second-order valence-corrected chi connectivity index (χ2v) is 4.58. The zero-order valence-electron chi connectivity index (χ0n) is 9.38. The molecule has 6 nitrogen and oxygen atoms in total. The molecule has 0 fully saturated rings. The molecule has 0 atom stereocenters. The van der Waals surface area contributed by atoms with Crippen molar-refractivity contribution >= 4 is 15.9 Å². The van der Waals surface area contributed by atoms with E-state index >= 15 is 0 Å². The van der Waals surface area contributed by atoms with E-state index in [1.165, 1.54) is 6.33 Å². The summed E-state index contributed by atoms with van der Waals surface area (Å²) < 4.78 is 6.25. The molecule has 2 aromatic heterocycles. The average Bonchev–Trinajstić information content (AvgIpc) is 3.01. The van der Waals surface area contributed by atoms with E-state index in [4.69, 9.17) is 4.52 Å². The van der Waals surface area contributed by atoms with Crippen LogP contribution in [0.1, 0.15) is 5.56 Å². The smallest absolute Gasteiger partial charge is 0.258 e. The predicted octanol–water partition coefficient (Wildman–Crippen LogP) is 2.59. The van der Waals surface area contributed by atoms with Crippen molar-refractivity contribution < 1.29 is 4.52 Å². The number of H-pyrrole nitrogens is 1. The number of halogens is 1. The molecule has 0 amide bonds. The molecular weight excluding hydrogens is 298 g/mol. The monoisotopic (exact) mass is 305 g/mol. The van der Waals surface area contributed by atoms with Gasteiger partial charge in [-0.3, -0.25) is 5.10 Å². The SMILES string of the molecule is Cc1cc(-c2nc(-c3ncn[nH]3)no2)ccc1Br. The Labute approximate surface area is 111 Å². The summed E-state index contributed by atoms with van der Waals surface area (Å²) in [4.78, 5) is 8.23. The zero-order valence-corrected chi connectivity index (χ0v) is 11.0. The first-order valence-electron chi connectivity index (χ1n) is 5.20. The van der Waals surface area contributed by atoms with Crippen molar-refractivity contribution in [2.75, 3.05) is 0 Å². The lowest BCUT2D eigenvalue weighted by molar-refractivity contribution is 0.432. The highest BCUT2D eigenvalue weighted by atomic mass is 79.9. The van der Waals surface area contributed by atoms with Crippen LogP contribution in [0.2, 0.25) is 0 Å². The van der Waals surface area contributed by atoms with E-state index in [9.17, 15) is 0 Å². The fourth-order valence-corrected chi connectivity index (χ4v) is 1.77. The first-order valence-corrected chi connectivity index (χ1v) is 5.99. The van der Waals surface area contributed by atoms with Crippen LogP contribution in [0.15, 0.2) is 33.5 Å². The van der Waals surface area contributed by atoms with Crippen LogP contribution >= 0.6 is 15.9 Å². The Bertz CT molecular complexity index is 677. The largest absolute Gasteiger partial charge is 0.334 e. The molecule has 0 saturated heterocycles. The Morgan fingerprint density at radius 3 is 2.94 bits per heavy atom. The number of nitrogens with one attached hydrogen (secondary N) is 1. The van der Waals surface area contributed by atoms with E-state index in [1.807, 2.05) is 25.1 Å². The van der Waals surface area contributed by atoms with Crippen molar-refractivity contribution in [3.63, 3.8) is 0 Å². The molecule has 0 aliphatic rings. The van der Waals surface area contributed by atoms with Crippen LogP contribution in [0.25, 0.3) is 23.1 Å². The van der Waals surface area contributed by atoms with Crippen LogP contribution in [0.5, 0.6) is 0 Å². The third-order valence-electron chi connectivity index (χ3n) is 2.46. The van der Waals surface area contributed by atoms with Gasteiger partial charge in [-0.05, 0) is 30.7 Å². The van der Waals surface area contributed by atoms with Gasteiger partial charge in [-0.1, -0.05) is 21.1 Å². The van der Waals surface area contributed by atoms with Gasteiger partial charge in [-0.25, -0.2) is 4.98 Å². The highest BCUT2D eigenvalue weighted by Crippen LogP contribution is 2.24. The fourth-order valence-electron chi connectivity index (χ4n) is 1.53. The molecule has 2 heterocycles. The molecule has 0 spiro atoms. The Kier molecular flexibility index (Phi) is 2.67. The summed E-state index contributed by atoms with van der Waals surface area (Å²) in [6.07, 6.45) is 1.40. The van der Waals surface area contributed by atoms with Crippen molar-refractivity contribution in [1.82, 2.24) is 25.3 Å². The summed E-state index contributed by atoms with van der Waals surface area (Å²) in [5.41, 5.74) is 1.97. The quantitative estimate of drug-likeness (QED) is 0.787. The summed E-state index contributed by atoms with van der Waals surface area (Å²) in [7, 11) is 0. The number of nitrogens with zero attached hydrogens (tertiary/aromatic N) is 4. The summed E-state index contributed by atoms with van der Waals surface area (Å²) in [6, 6.07) is 5.83. The highest BCUT2D eigenvalue weighted by molar-refractivity contribution is 9.10. The van der Waals surface area contributed by atoms with Gasteiger partial charge in [0.25, 0.3) is 5.89 Å². The minimum Gasteiger partial charge on any atom is -0.334 e. The van der Waals surface area contributed by atoms with Gasteiger partial charge < -0.3 is 4.52 Å². The van der Waals surface area contributed by atoms with Crippen LogP contribution in [0.3, 0.4) is 0 Å². The maximum atomic E-state index is 5.21. The Morgan fingerprint density at radius 1 is 1.33 bits per heavy atom. The maximum Gasteiger partial charge on any atom is 0.258 e. The number of hydrogen-bond acceptors (Lipinski definition) is 5. The molecule has 1 aromatic carbocycles. The minimum absolute atomic E-state index is 0.392. The number of aryl methyl sites for hydroxylation is 1. The van der Waals surface area contributed by atoms with E-state index in [2.05, 4.69) is 41.3 Å². The van der Waals surface area contributed by atoms with Gasteiger partial charge in [-0.15, -0.1) is 0 Å². The number of benzene rings is 1. The second kappa shape index (κ2) is 4.34. The zero-order chi connectivity index (χ0) is 12.5. The van der Waals surface area contributed by atoms with Gasteiger partial charge in [0.1, 0.15) is 6.33 Å². The lowest BCUT2D eigenvalue weighted by Crippen LogP contribution is -1.84. The van der Waals surface area contributed by atoms with Crippen LogP contribution in [0.4, 0.5) is 0 Å². The van der Waals surface area contributed by atoms with Crippen molar-refractivity contribution in [2.45, 2.75) is 6.92 Å². The lowest BCUT2D eigenvalue weighted by atomic mass is 10.1. The van der Waals surface area contributed by atoms with Crippen LogP contribution in [-0.2, 0) is 0 Å². The van der Waals surface area contributed by atoms with Crippen molar-refractivity contribution in [3.05, 3.63) is 34.6 Å². The molecule has 18 heavy (non-hydrogen) atoms. The average molecular weight is 306 g/mol. The Morgan fingerprint density at radius 2 is 2.22 bits per heavy atom. The fraction of sp³-hybridized carbons (Fsp3) is 0.0909. The number of hydrogen-bond donors (Lipinski definition) is 1. The third-order valence-corrected chi connectivity index (χ3v) is 3.35. The van der Waals surface area contributed by atoms with Crippen molar-refractivity contribution in [1.29, 1.82) is 0 Å². The molecule has 0 unspecified atom stereocenters. The summed E-state index contributed by atoms with van der Waals surface area (Å²) in [5, 5.41) is 10.3. The standard InChI is InChI=1S/C11H8BrN5O/c1-6-4-7(2-3-8(6)12)11-15-10(17-18-11)9-13-5-14-16-9/h2-5H,1H3,(H,13,14,16). The van der Waals surface area contributed by atoms with Gasteiger partial charge in [0.15, 0.2) is 5.82 Å². The molecule has 90 valence electrons. The van der Waals surface area contributed by atoms with Gasteiger partial charge in [0, 0.05) is 10.0 Å². The van der Waals surface area contributed by atoms with Gasteiger partial charge in [0.05, 0.1) is 0 Å². The van der Waals surface area contributed by atoms with Crippen LogP contribution in [-0.4, -0.2) is 25.3 Å². The molecule has 0 aliphatic heterocycles. The molecule has 0 aliphatic carbocycles. The predicted molar refractivity (Wildman–Crippen MR) is 67.5 cm³/mol. The summed E-state index contributed by atoms with van der Waals surface area (Å²) >= 11 is 3.45. The van der Waals surface area contributed by atoms with E-state index in [1.54, 1.807) is 0 Å². The summed E-state index contributed by atoms with van der Waals surface area (Å²) in [5.74, 6) is 1.33. The minimum atomic E-state index is 0.392. The van der Waals surface area contributed by atoms with E-state index in [0.717, 1.165) is 15.6 Å². The van der Waals surface area contributed by atoms with E-state index in [-0.39, 0.29) is 0 Å². The molecule has 3 rings (SSSR count). The van der Waals surface area contributed by atoms with Gasteiger partial charge in [0.2, 0.25) is 5.82 Å². The van der Waals surface area contributed by atoms with Crippen molar-refractivity contribution in [3.8, 4) is 23.1 Å². The lowest BCUT2D eigenvalue weighted by Gasteiger charge is -1.99. The van der Waals surface area contributed by atoms with Gasteiger partial charge >= 0.3 is 0 Å². The number of aromatic nitrogens is 5.